The zero-order chi connectivity index (χ0) is 25.8. The minimum absolute atomic E-state index is 0.0406. The van der Waals surface area contributed by atoms with Gasteiger partial charge < -0.3 is 64.2 Å². The highest BCUT2D eigenvalue weighted by Gasteiger charge is 2.53. The fourth-order valence-corrected chi connectivity index (χ4v) is 3.79. The molecule has 13 nitrogen and oxygen atoms in total. The van der Waals surface area contributed by atoms with Gasteiger partial charge in [0.1, 0.15) is 36.1 Å². The Hall–Kier alpha value is -2.04. The van der Waals surface area contributed by atoms with E-state index in [1.54, 1.807) is 18.2 Å². The zero-order valence-electron chi connectivity index (χ0n) is 19.3. The number of aliphatic hydroxyl groups is 7. The summed E-state index contributed by atoms with van der Waals surface area (Å²) in [6.45, 7) is -2.09. The molecule has 198 valence electrons. The minimum Gasteiger partial charge on any atom is -0.493 e. The van der Waals surface area contributed by atoms with Crippen LogP contribution in [0.3, 0.4) is 0 Å². The molecule has 2 aliphatic rings. The van der Waals surface area contributed by atoms with Crippen LogP contribution in [0.25, 0.3) is 6.08 Å². The minimum atomic E-state index is -1.98. The molecular formula is C22H32O13. The molecular weight excluding hydrogens is 472 g/mol. The van der Waals surface area contributed by atoms with E-state index in [-0.39, 0.29) is 23.9 Å². The number of ether oxygens (including phenoxy) is 6. The van der Waals surface area contributed by atoms with Gasteiger partial charge in [-0.05, 0) is 17.7 Å². The van der Waals surface area contributed by atoms with E-state index in [2.05, 4.69) is 0 Å². The number of hydrogen-bond donors (Lipinski definition) is 7. The molecule has 0 spiro atoms. The van der Waals surface area contributed by atoms with Crippen LogP contribution in [0.5, 0.6) is 17.2 Å². The maximum absolute atomic E-state index is 10.9. The van der Waals surface area contributed by atoms with Gasteiger partial charge in [-0.25, -0.2) is 0 Å². The molecule has 3 rings (SSSR count). The summed E-state index contributed by atoms with van der Waals surface area (Å²) in [6, 6.07) is 3.17. The smallest absolute Gasteiger partial charge is 0.229 e. The van der Waals surface area contributed by atoms with Crippen molar-refractivity contribution >= 4 is 6.08 Å². The predicted molar refractivity (Wildman–Crippen MR) is 117 cm³/mol. The van der Waals surface area contributed by atoms with Crippen LogP contribution in [0.2, 0.25) is 0 Å². The molecule has 35 heavy (non-hydrogen) atoms. The lowest BCUT2D eigenvalue weighted by Crippen LogP contribution is -2.62. The number of methoxy groups -OCH3 is 2. The summed E-state index contributed by atoms with van der Waals surface area (Å²) in [5, 5.41) is 70.0. The molecule has 2 fully saturated rings. The van der Waals surface area contributed by atoms with Crippen LogP contribution in [-0.2, 0) is 14.2 Å². The number of rotatable bonds is 10. The third-order valence-corrected chi connectivity index (χ3v) is 5.83. The van der Waals surface area contributed by atoms with Gasteiger partial charge in [0.2, 0.25) is 12.0 Å². The van der Waals surface area contributed by atoms with Gasteiger partial charge in [-0.1, -0.05) is 12.2 Å². The summed E-state index contributed by atoms with van der Waals surface area (Å²) in [5.41, 5.74) is -1.36. The topological polar surface area (TPSA) is 197 Å². The Morgan fingerprint density at radius 1 is 1.03 bits per heavy atom. The number of hydrogen-bond acceptors (Lipinski definition) is 13. The monoisotopic (exact) mass is 504 g/mol. The summed E-state index contributed by atoms with van der Waals surface area (Å²) in [7, 11) is 2.76. The van der Waals surface area contributed by atoms with Gasteiger partial charge in [0.25, 0.3) is 0 Å². The molecule has 0 aliphatic carbocycles. The van der Waals surface area contributed by atoms with Crippen molar-refractivity contribution in [1.82, 2.24) is 0 Å². The first-order valence-electron chi connectivity index (χ1n) is 10.8. The van der Waals surface area contributed by atoms with E-state index in [4.69, 9.17) is 33.5 Å². The molecule has 1 aromatic rings. The predicted octanol–water partition coefficient (Wildman–Crippen LogP) is -2.65. The Balaban J connectivity index is 1.86. The Labute approximate surface area is 201 Å². The summed E-state index contributed by atoms with van der Waals surface area (Å²) in [6.07, 6.45) is -7.53. The van der Waals surface area contributed by atoms with E-state index in [1.807, 2.05) is 0 Å². The third-order valence-electron chi connectivity index (χ3n) is 5.83. The second-order valence-electron chi connectivity index (χ2n) is 8.15. The van der Waals surface area contributed by atoms with Crippen LogP contribution in [0.4, 0.5) is 0 Å². The fourth-order valence-electron chi connectivity index (χ4n) is 3.79. The second-order valence-corrected chi connectivity index (χ2v) is 8.15. The summed E-state index contributed by atoms with van der Waals surface area (Å²) < 4.78 is 32.9. The summed E-state index contributed by atoms with van der Waals surface area (Å²) >= 11 is 0. The molecule has 2 aliphatic heterocycles. The van der Waals surface area contributed by atoms with Crippen molar-refractivity contribution in [2.24, 2.45) is 0 Å². The number of benzene rings is 1. The molecule has 1 aromatic carbocycles. The Bertz CT molecular complexity index is 839. The lowest BCUT2D eigenvalue weighted by molar-refractivity contribution is -0.313. The van der Waals surface area contributed by atoms with Gasteiger partial charge in [0, 0.05) is 0 Å². The van der Waals surface area contributed by atoms with Gasteiger partial charge in [0.15, 0.2) is 17.8 Å². The molecule has 0 bridgehead atoms. The second kappa shape index (κ2) is 11.8. The van der Waals surface area contributed by atoms with Crippen molar-refractivity contribution in [1.29, 1.82) is 0 Å². The van der Waals surface area contributed by atoms with Gasteiger partial charge in [0.05, 0.1) is 40.6 Å². The molecule has 0 unspecified atom stereocenters. The lowest BCUT2D eigenvalue weighted by atomic mass is 9.98. The highest BCUT2D eigenvalue weighted by atomic mass is 16.7. The maximum Gasteiger partial charge on any atom is 0.229 e. The fraction of sp³-hybridized carbons (Fsp3) is 0.636. The molecule has 2 heterocycles. The first-order valence-corrected chi connectivity index (χ1v) is 10.8. The van der Waals surface area contributed by atoms with Gasteiger partial charge in [-0.3, -0.25) is 0 Å². The van der Waals surface area contributed by atoms with Gasteiger partial charge in [-0.15, -0.1) is 0 Å². The van der Waals surface area contributed by atoms with Crippen LogP contribution in [0, 0.1) is 0 Å². The first kappa shape index (κ1) is 27.5. The van der Waals surface area contributed by atoms with Gasteiger partial charge in [-0.2, -0.15) is 0 Å². The molecule has 8 atom stereocenters. The van der Waals surface area contributed by atoms with E-state index in [0.717, 1.165) is 0 Å². The van der Waals surface area contributed by atoms with E-state index in [0.29, 0.717) is 5.56 Å². The van der Waals surface area contributed by atoms with E-state index < -0.39 is 68.5 Å². The summed E-state index contributed by atoms with van der Waals surface area (Å²) in [4.78, 5) is 0. The zero-order valence-corrected chi connectivity index (χ0v) is 19.3. The van der Waals surface area contributed by atoms with Crippen molar-refractivity contribution in [2.45, 2.75) is 48.7 Å². The normalized spacial score (nSPS) is 35.4. The molecule has 0 amide bonds. The Morgan fingerprint density at radius 3 is 2.20 bits per heavy atom. The van der Waals surface area contributed by atoms with Crippen LogP contribution in [0.15, 0.2) is 18.2 Å². The van der Waals surface area contributed by atoms with Crippen LogP contribution < -0.4 is 14.2 Å². The van der Waals surface area contributed by atoms with Crippen molar-refractivity contribution in [3.8, 4) is 17.2 Å². The average molecular weight is 504 g/mol. The molecule has 0 saturated carbocycles. The molecule has 13 heteroatoms. The molecule has 0 aromatic heterocycles. The highest BCUT2D eigenvalue weighted by Crippen LogP contribution is 2.41. The van der Waals surface area contributed by atoms with Crippen molar-refractivity contribution < 1.29 is 64.2 Å². The van der Waals surface area contributed by atoms with Crippen molar-refractivity contribution in [3.05, 3.63) is 23.8 Å². The molecule has 7 N–H and O–H groups in total. The Morgan fingerprint density at radius 2 is 1.69 bits per heavy atom. The maximum atomic E-state index is 10.9. The van der Waals surface area contributed by atoms with Gasteiger partial charge >= 0.3 is 0 Å². The SMILES string of the molecule is COc1cc(/C=C/CO)cc(OC)c1O[C@@H]1O[C@H](CO)[C@@H](O)[C@H](O[C@@H]2OC[C@](O)(CO)[C@H]2O)[C@H]1O. The molecule has 0 radical (unpaired) electrons. The van der Waals surface area contributed by atoms with Crippen LogP contribution in [-0.4, -0.2) is 125 Å². The van der Waals surface area contributed by atoms with E-state index in [1.165, 1.54) is 20.3 Å². The van der Waals surface area contributed by atoms with Crippen molar-refractivity contribution in [2.75, 3.05) is 40.6 Å². The lowest BCUT2D eigenvalue weighted by Gasteiger charge is -2.42. The third kappa shape index (κ3) is 5.70. The Kier molecular flexibility index (Phi) is 9.28. The van der Waals surface area contributed by atoms with E-state index >= 15 is 0 Å². The number of aliphatic hydroxyl groups excluding tert-OH is 6. The largest absolute Gasteiger partial charge is 0.493 e. The quantitative estimate of drug-likeness (QED) is 0.175. The first-order chi connectivity index (χ1) is 16.7. The van der Waals surface area contributed by atoms with Crippen LogP contribution >= 0.6 is 0 Å². The summed E-state index contributed by atoms with van der Waals surface area (Å²) in [5.74, 6) is 0.438. The average Bonchev–Trinajstić information content (AvgIpc) is 3.15. The van der Waals surface area contributed by atoms with Crippen LogP contribution in [0.1, 0.15) is 5.56 Å². The highest BCUT2D eigenvalue weighted by molar-refractivity contribution is 5.62. The van der Waals surface area contributed by atoms with E-state index in [9.17, 15) is 30.6 Å². The molecule has 2 saturated heterocycles. The standard InChI is InChI=1S/C22H32O13/c1-30-12-6-11(4-3-5-23)7-13(31-2)17(12)34-20-16(27)18(15(26)14(8-24)33-20)35-21-19(28)22(29,9-25)10-32-21/h3-4,6-7,14-16,18-21,23-29H,5,8-10H2,1-2H3/b4-3+/t14-,15-,16-,18+,19+,20+,21+,22-/m1/s1. The van der Waals surface area contributed by atoms with Crippen molar-refractivity contribution in [3.63, 3.8) is 0 Å².